The Morgan fingerprint density at radius 1 is 1.24 bits per heavy atom. The third-order valence-corrected chi connectivity index (χ3v) is 7.04. The standard InChI is InChI=1S/C24H24F3N5O2/c1-15-3-2-8-30-20(15)22(34)32-13-19(21(29)33)23(14-32)6-9-31(10-7-23)17-5-4-16(12-28)18(11-17)24(25,26)27/h2-5,8,11,19H,6-7,9-10,13-14H2,1H3,(H2,29,33). The maximum atomic E-state index is 13.4. The van der Waals surface area contributed by atoms with Crippen molar-refractivity contribution in [2.24, 2.45) is 17.1 Å². The van der Waals surface area contributed by atoms with Gasteiger partial charge in [0.25, 0.3) is 5.91 Å². The van der Waals surface area contributed by atoms with Crippen LogP contribution in [0.3, 0.4) is 0 Å². The number of likely N-dealkylation sites (tertiary alicyclic amines) is 1. The predicted octanol–water partition coefficient (Wildman–Crippen LogP) is 3.12. The highest BCUT2D eigenvalue weighted by atomic mass is 19.4. The van der Waals surface area contributed by atoms with E-state index in [2.05, 4.69) is 4.98 Å². The van der Waals surface area contributed by atoms with E-state index >= 15 is 0 Å². The summed E-state index contributed by atoms with van der Waals surface area (Å²) >= 11 is 0. The zero-order valence-corrected chi connectivity index (χ0v) is 18.6. The summed E-state index contributed by atoms with van der Waals surface area (Å²) in [5.74, 6) is -1.29. The van der Waals surface area contributed by atoms with Gasteiger partial charge in [0.2, 0.25) is 5.91 Å². The van der Waals surface area contributed by atoms with Gasteiger partial charge in [-0.2, -0.15) is 18.4 Å². The minimum absolute atomic E-state index is 0.194. The van der Waals surface area contributed by atoms with Gasteiger partial charge in [0.1, 0.15) is 5.69 Å². The van der Waals surface area contributed by atoms with E-state index in [0.29, 0.717) is 43.9 Å². The topological polar surface area (TPSA) is 103 Å². The van der Waals surface area contributed by atoms with E-state index < -0.39 is 34.5 Å². The minimum Gasteiger partial charge on any atom is -0.371 e. The molecule has 7 nitrogen and oxygen atoms in total. The van der Waals surface area contributed by atoms with Crippen LogP contribution in [0, 0.1) is 29.6 Å². The molecule has 2 fully saturated rings. The number of carbonyl (C=O) groups is 2. The summed E-state index contributed by atoms with van der Waals surface area (Å²) in [6.07, 6.45) is -2.10. The summed E-state index contributed by atoms with van der Waals surface area (Å²) in [5.41, 5.74) is 5.22. The van der Waals surface area contributed by atoms with E-state index in [1.807, 2.05) is 4.90 Å². The molecule has 3 heterocycles. The molecule has 0 saturated carbocycles. The SMILES string of the molecule is Cc1cccnc1C(=O)N1CC(C(N)=O)C2(CCN(c3ccc(C#N)c(C(F)(F)F)c3)CC2)C1. The number of carbonyl (C=O) groups excluding carboxylic acids is 2. The summed E-state index contributed by atoms with van der Waals surface area (Å²) in [4.78, 5) is 33.0. The van der Waals surface area contributed by atoms with Crippen molar-refractivity contribution >= 4 is 17.5 Å². The van der Waals surface area contributed by atoms with Crippen molar-refractivity contribution in [1.29, 1.82) is 5.26 Å². The zero-order chi connectivity index (χ0) is 24.7. The molecule has 1 aromatic carbocycles. The van der Waals surface area contributed by atoms with Crippen LogP contribution in [0.1, 0.15) is 40.0 Å². The average Bonchev–Trinajstić information content (AvgIpc) is 3.17. The number of alkyl halides is 3. The molecule has 1 atom stereocenters. The fourth-order valence-electron chi connectivity index (χ4n) is 5.15. The summed E-state index contributed by atoms with van der Waals surface area (Å²) in [7, 11) is 0. The van der Waals surface area contributed by atoms with Crippen molar-refractivity contribution in [3.05, 3.63) is 58.9 Å². The number of piperidine rings is 1. The Bertz CT molecular complexity index is 1170. The van der Waals surface area contributed by atoms with Crippen LogP contribution in [0.2, 0.25) is 0 Å². The van der Waals surface area contributed by atoms with Crippen molar-refractivity contribution in [1.82, 2.24) is 9.88 Å². The summed E-state index contributed by atoms with van der Waals surface area (Å²) < 4.78 is 40.2. The highest BCUT2D eigenvalue weighted by molar-refractivity contribution is 5.94. The van der Waals surface area contributed by atoms with E-state index in [1.165, 1.54) is 12.1 Å². The number of aromatic nitrogens is 1. The normalized spacial score (nSPS) is 19.8. The number of halogens is 3. The smallest absolute Gasteiger partial charge is 0.371 e. The molecule has 2 aliphatic rings. The van der Waals surface area contributed by atoms with Gasteiger partial charge < -0.3 is 15.5 Å². The Labute approximate surface area is 195 Å². The highest BCUT2D eigenvalue weighted by Gasteiger charge is 2.52. The van der Waals surface area contributed by atoms with Gasteiger partial charge in [0, 0.05) is 43.5 Å². The zero-order valence-electron chi connectivity index (χ0n) is 18.6. The number of primary amides is 1. The number of nitrogens with two attached hydrogens (primary N) is 1. The Kier molecular flexibility index (Phi) is 5.98. The minimum atomic E-state index is -4.63. The lowest BCUT2D eigenvalue weighted by Gasteiger charge is -2.42. The molecule has 10 heteroatoms. The third-order valence-electron chi connectivity index (χ3n) is 7.04. The Balaban J connectivity index is 1.54. The molecule has 1 unspecified atom stereocenters. The molecule has 1 spiro atoms. The van der Waals surface area contributed by atoms with E-state index in [0.717, 1.165) is 11.6 Å². The number of hydrogen-bond acceptors (Lipinski definition) is 5. The Morgan fingerprint density at radius 2 is 1.94 bits per heavy atom. The third kappa shape index (κ3) is 4.18. The van der Waals surface area contributed by atoms with Crippen molar-refractivity contribution < 1.29 is 22.8 Å². The number of benzene rings is 1. The molecule has 178 valence electrons. The second-order valence-electron chi connectivity index (χ2n) is 9.00. The molecule has 0 aliphatic carbocycles. The van der Waals surface area contributed by atoms with Crippen LogP contribution in [0.15, 0.2) is 36.5 Å². The number of hydrogen-bond donors (Lipinski definition) is 1. The number of aryl methyl sites for hydroxylation is 1. The van der Waals surface area contributed by atoms with Gasteiger partial charge in [-0.1, -0.05) is 6.07 Å². The van der Waals surface area contributed by atoms with Gasteiger partial charge in [-0.15, -0.1) is 0 Å². The first-order valence-corrected chi connectivity index (χ1v) is 10.9. The Hall–Kier alpha value is -3.61. The molecule has 0 radical (unpaired) electrons. The lowest BCUT2D eigenvalue weighted by Crippen LogP contribution is -2.47. The predicted molar refractivity (Wildman–Crippen MR) is 118 cm³/mol. The first-order valence-electron chi connectivity index (χ1n) is 10.9. The van der Waals surface area contributed by atoms with Crippen LogP contribution in [-0.2, 0) is 11.0 Å². The number of anilines is 1. The monoisotopic (exact) mass is 471 g/mol. The fraction of sp³-hybridized carbons (Fsp3) is 0.417. The largest absolute Gasteiger partial charge is 0.417 e. The molecule has 1 aromatic heterocycles. The molecule has 34 heavy (non-hydrogen) atoms. The van der Waals surface area contributed by atoms with E-state index in [4.69, 9.17) is 11.0 Å². The van der Waals surface area contributed by atoms with Crippen molar-refractivity contribution in [3.63, 3.8) is 0 Å². The van der Waals surface area contributed by atoms with Crippen LogP contribution >= 0.6 is 0 Å². The van der Waals surface area contributed by atoms with Crippen LogP contribution in [0.5, 0.6) is 0 Å². The van der Waals surface area contributed by atoms with E-state index in [-0.39, 0.29) is 12.5 Å². The van der Waals surface area contributed by atoms with Gasteiger partial charge in [-0.05, 0) is 49.6 Å². The highest BCUT2D eigenvalue weighted by Crippen LogP contribution is 2.46. The molecule has 0 bridgehead atoms. The van der Waals surface area contributed by atoms with Gasteiger partial charge in [-0.3, -0.25) is 14.6 Å². The van der Waals surface area contributed by atoms with E-state index in [9.17, 15) is 22.8 Å². The molecular formula is C24H24F3N5O2. The number of rotatable bonds is 3. The van der Waals surface area contributed by atoms with E-state index in [1.54, 1.807) is 36.2 Å². The molecule has 2 aromatic rings. The van der Waals surface area contributed by atoms with Crippen molar-refractivity contribution in [2.45, 2.75) is 25.9 Å². The number of nitriles is 1. The van der Waals surface area contributed by atoms with Crippen LogP contribution in [0.25, 0.3) is 0 Å². The number of amides is 2. The first-order chi connectivity index (χ1) is 16.1. The van der Waals surface area contributed by atoms with Gasteiger partial charge in [0.05, 0.1) is 23.1 Å². The van der Waals surface area contributed by atoms with Gasteiger partial charge in [0.15, 0.2) is 0 Å². The van der Waals surface area contributed by atoms with Crippen LogP contribution < -0.4 is 10.6 Å². The lowest BCUT2D eigenvalue weighted by atomic mass is 9.70. The molecule has 2 N–H and O–H groups in total. The summed E-state index contributed by atoms with van der Waals surface area (Å²) in [5, 5.41) is 9.03. The van der Waals surface area contributed by atoms with Crippen LogP contribution in [0.4, 0.5) is 18.9 Å². The second kappa shape index (κ2) is 8.63. The fourth-order valence-corrected chi connectivity index (χ4v) is 5.15. The van der Waals surface area contributed by atoms with Gasteiger partial charge in [-0.25, -0.2) is 0 Å². The molecule has 4 rings (SSSR count). The van der Waals surface area contributed by atoms with Gasteiger partial charge >= 0.3 is 6.18 Å². The summed E-state index contributed by atoms with van der Waals surface area (Å²) in [6, 6.07) is 8.81. The average molecular weight is 471 g/mol. The van der Waals surface area contributed by atoms with Crippen molar-refractivity contribution in [2.75, 3.05) is 31.1 Å². The molecule has 2 saturated heterocycles. The number of pyridine rings is 1. The Morgan fingerprint density at radius 3 is 2.53 bits per heavy atom. The second-order valence-corrected chi connectivity index (χ2v) is 9.00. The maximum absolute atomic E-state index is 13.4. The van der Waals surface area contributed by atoms with Crippen molar-refractivity contribution in [3.8, 4) is 6.07 Å². The summed E-state index contributed by atoms with van der Waals surface area (Å²) in [6.45, 7) is 3.13. The molecule has 2 aliphatic heterocycles. The molecular weight excluding hydrogens is 447 g/mol. The quantitative estimate of drug-likeness (QED) is 0.741. The molecule has 2 amide bonds. The first kappa shape index (κ1) is 23.5. The maximum Gasteiger partial charge on any atom is 0.417 e. The number of nitrogens with zero attached hydrogens (tertiary/aromatic N) is 4. The lowest BCUT2D eigenvalue weighted by molar-refractivity contribution is -0.137. The van der Waals surface area contributed by atoms with Crippen LogP contribution in [-0.4, -0.2) is 47.9 Å².